The average molecular weight is 337 g/mol. The number of hydrogen-bond acceptors (Lipinski definition) is 4. The Morgan fingerprint density at radius 2 is 1.82 bits per heavy atom. The summed E-state index contributed by atoms with van der Waals surface area (Å²) in [6.07, 6.45) is 1.95. The predicted octanol–water partition coefficient (Wildman–Crippen LogP) is 3.63. The van der Waals surface area contributed by atoms with Gasteiger partial charge in [0.25, 0.3) is 10.0 Å². The maximum Gasteiger partial charge on any atom is 0.264 e. The van der Waals surface area contributed by atoms with Crippen molar-refractivity contribution in [1.82, 2.24) is 0 Å². The van der Waals surface area contributed by atoms with Crippen LogP contribution in [0.15, 0.2) is 58.3 Å². The summed E-state index contributed by atoms with van der Waals surface area (Å²) in [5.41, 5.74) is 0.569. The fourth-order valence-electron chi connectivity index (χ4n) is 1.98. The zero-order valence-electron chi connectivity index (χ0n) is 12.8. The molecule has 6 heteroatoms. The molecule has 0 aliphatic rings. The summed E-state index contributed by atoms with van der Waals surface area (Å²) >= 11 is 1.58. The minimum absolute atomic E-state index is 0.273. The van der Waals surface area contributed by atoms with Crippen molar-refractivity contribution in [1.29, 1.82) is 0 Å². The molecule has 0 aromatic heterocycles. The Morgan fingerprint density at radius 1 is 1.14 bits per heavy atom. The first kappa shape index (κ1) is 16.7. The minimum Gasteiger partial charge on any atom is -0.494 e. The molecule has 0 heterocycles. The first-order valence-electron chi connectivity index (χ1n) is 6.85. The van der Waals surface area contributed by atoms with E-state index in [9.17, 15) is 8.42 Å². The molecular formula is C16H19NO3S2. The van der Waals surface area contributed by atoms with Gasteiger partial charge in [-0.3, -0.25) is 4.31 Å². The number of rotatable bonds is 6. The summed E-state index contributed by atoms with van der Waals surface area (Å²) in [6, 6.07) is 13.9. The van der Waals surface area contributed by atoms with Gasteiger partial charge in [0, 0.05) is 18.0 Å². The molecule has 0 atom stereocenters. The molecule has 2 aromatic carbocycles. The first-order valence-corrected chi connectivity index (χ1v) is 9.51. The van der Waals surface area contributed by atoms with Gasteiger partial charge in [-0.2, -0.15) is 0 Å². The van der Waals surface area contributed by atoms with E-state index in [1.807, 2.05) is 25.3 Å². The summed E-state index contributed by atoms with van der Waals surface area (Å²) in [6.45, 7) is 2.43. The largest absolute Gasteiger partial charge is 0.494 e. The van der Waals surface area contributed by atoms with E-state index < -0.39 is 10.0 Å². The van der Waals surface area contributed by atoms with Gasteiger partial charge in [-0.15, -0.1) is 11.8 Å². The van der Waals surface area contributed by atoms with E-state index in [1.54, 1.807) is 55.2 Å². The summed E-state index contributed by atoms with van der Waals surface area (Å²) in [4.78, 5) is 1.30. The van der Waals surface area contributed by atoms with Crippen molar-refractivity contribution in [3.8, 4) is 5.75 Å². The van der Waals surface area contributed by atoms with Crippen LogP contribution in [0.3, 0.4) is 0 Å². The van der Waals surface area contributed by atoms with Crippen molar-refractivity contribution in [2.75, 3.05) is 24.2 Å². The lowest BCUT2D eigenvalue weighted by Gasteiger charge is -2.20. The highest BCUT2D eigenvalue weighted by Crippen LogP contribution is 2.26. The minimum atomic E-state index is -3.58. The van der Waals surface area contributed by atoms with Crippen molar-refractivity contribution < 1.29 is 13.2 Å². The van der Waals surface area contributed by atoms with Crippen LogP contribution in [0.25, 0.3) is 0 Å². The van der Waals surface area contributed by atoms with E-state index in [0.717, 1.165) is 4.90 Å². The Bertz CT molecular complexity index is 727. The highest BCUT2D eigenvalue weighted by atomic mass is 32.2. The third kappa shape index (κ3) is 3.56. The Hall–Kier alpha value is -1.66. The SMILES string of the molecule is CCOc1cccc(N(C)S(=O)(=O)c2ccc(SC)cc2)c1. The van der Waals surface area contributed by atoms with E-state index in [4.69, 9.17) is 4.74 Å². The number of benzene rings is 2. The lowest BCUT2D eigenvalue weighted by molar-refractivity contribution is 0.340. The molecule has 0 saturated heterocycles. The summed E-state index contributed by atoms with van der Waals surface area (Å²) < 4.78 is 32.0. The maximum atomic E-state index is 12.7. The van der Waals surface area contributed by atoms with E-state index >= 15 is 0 Å². The topological polar surface area (TPSA) is 46.6 Å². The fourth-order valence-corrected chi connectivity index (χ4v) is 3.58. The average Bonchev–Trinajstić information content (AvgIpc) is 2.54. The Balaban J connectivity index is 2.33. The van der Waals surface area contributed by atoms with Gasteiger partial charge < -0.3 is 4.74 Å². The van der Waals surface area contributed by atoms with Crippen LogP contribution in [-0.4, -0.2) is 28.3 Å². The van der Waals surface area contributed by atoms with Gasteiger partial charge in [-0.1, -0.05) is 6.07 Å². The third-order valence-corrected chi connectivity index (χ3v) is 5.75. The van der Waals surface area contributed by atoms with E-state index in [0.29, 0.717) is 18.0 Å². The molecule has 0 N–H and O–H groups in total. The van der Waals surface area contributed by atoms with Gasteiger partial charge >= 0.3 is 0 Å². The van der Waals surface area contributed by atoms with Crippen molar-refractivity contribution in [3.63, 3.8) is 0 Å². The molecule has 0 bridgehead atoms. The second kappa shape index (κ2) is 7.07. The molecule has 2 aromatic rings. The summed E-state index contributed by atoms with van der Waals surface area (Å²) in [7, 11) is -2.04. The number of nitrogens with zero attached hydrogens (tertiary/aromatic N) is 1. The van der Waals surface area contributed by atoms with Crippen LogP contribution in [0.2, 0.25) is 0 Å². The van der Waals surface area contributed by atoms with Crippen LogP contribution in [0.4, 0.5) is 5.69 Å². The number of ether oxygens (including phenoxy) is 1. The standard InChI is InChI=1S/C16H19NO3S2/c1-4-20-14-7-5-6-13(12-14)17(2)22(18,19)16-10-8-15(21-3)9-11-16/h5-12H,4H2,1-3H3. The van der Waals surface area contributed by atoms with Crippen molar-refractivity contribution in [2.24, 2.45) is 0 Å². The number of thioether (sulfide) groups is 1. The number of hydrogen-bond donors (Lipinski definition) is 0. The van der Waals surface area contributed by atoms with Gasteiger partial charge in [0.05, 0.1) is 17.2 Å². The lowest BCUT2D eigenvalue weighted by Crippen LogP contribution is -2.26. The molecule has 2 rings (SSSR count). The zero-order valence-corrected chi connectivity index (χ0v) is 14.4. The van der Waals surface area contributed by atoms with Gasteiger partial charge in [-0.25, -0.2) is 8.42 Å². The molecule has 0 saturated carbocycles. The van der Waals surface area contributed by atoms with E-state index in [2.05, 4.69) is 0 Å². The lowest BCUT2D eigenvalue weighted by atomic mass is 10.3. The number of sulfonamides is 1. The normalized spacial score (nSPS) is 11.2. The van der Waals surface area contributed by atoms with Gasteiger partial charge in [0.15, 0.2) is 0 Å². The molecule has 0 aliphatic heterocycles. The van der Waals surface area contributed by atoms with Gasteiger partial charge in [0.2, 0.25) is 0 Å². The van der Waals surface area contributed by atoms with Crippen molar-refractivity contribution in [3.05, 3.63) is 48.5 Å². The zero-order chi connectivity index (χ0) is 16.2. The number of anilines is 1. The Kier molecular flexibility index (Phi) is 5.37. The molecule has 4 nitrogen and oxygen atoms in total. The van der Waals surface area contributed by atoms with Crippen LogP contribution < -0.4 is 9.04 Å². The van der Waals surface area contributed by atoms with Crippen molar-refractivity contribution in [2.45, 2.75) is 16.7 Å². The Morgan fingerprint density at radius 3 is 2.41 bits per heavy atom. The van der Waals surface area contributed by atoms with Crippen LogP contribution in [0.5, 0.6) is 5.75 Å². The fraction of sp³-hybridized carbons (Fsp3) is 0.250. The highest BCUT2D eigenvalue weighted by molar-refractivity contribution is 7.98. The molecule has 0 unspecified atom stereocenters. The van der Waals surface area contributed by atoms with E-state index in [1.165, 1.54) is 4.31 Å². The molecule has 0 spiro atoms. The molecule has 118 valence electrons. The highest BCUT2D eigenvalue weighted by Gasteiger charge is 2.21. The van der Waals surface area contributed by atoms with Crippen LogP contribution in [0.1, 0.15) is 6.92 Å². The molecular weight excluding hydrogens is 318 g/mol. The summed E-state index contributed by atoms with van der Waals surface area (Å²) in [5.74, 6) is 0.653. The van der Waals surface area contributed by atoms with Crippen LogP contribution >= 0.6 is 11.8 Å². The Labute approximate surface area is 136 Å². The van der Waals surface area contributed by atoms with Gasteiger partial charge in [0.1, 0.15) is 5.75 Å². The van der Waals surface area contributed by atoms with Gasteiger partial charge in [-0.05, 0) is 49.6 Å². The molecule has 0 aliphatic carbocycles. The second-order valence-corrected chi connectivity index (χ2v) is 7.43. The quantitative estimate of drug-likeness (QED) is 0.755. The molecule has 0 fully saturated rings. The predicted molar refractivity (Wildman–Crippen MR) is 91.4 cm³/mol. The molecule has 22 heavy (non-hydrogen) atoms. The maximum absolute atomic E-state index is 12.7. The second-order valence-electron chi connectivity index (χ2n) is 4.58. The smallest absolute Gasteiger partial charge is 0.264 e. The van der Waals surface area contributed by atoms with Crippen molar-refractivity contribution >= 4 is 27.5 Å². The molecule has 0 amide bonds. The first-order chi connectivity index (χ1) is 10.5. The third-order valence-electron chi connectivity index (χ3n) is 3.21. The monoisotopic (exact) mass is 337 g/mol. The van der Waals surface area contributed by atoms with E-state index in [-0.39, 0.29) is 4.90 Å². The molecule has 0 radical (unpaired) electrons. The van der Waals surface area contributed by atoms with Crippen LogP contribution in [-0.2, 0) is 10.0 Å². The van der Waals surface area contributed by atoms with Crippen LogP contribution in [0, 0.1) is 0 Å². The summed E-state index contributed by atoms with van der Waals surface area (Å²) in [5, 5.41) is 0.